The number of rotatable bonds is 21. The standard InChI is InChI=1S/C44H63N3O6S2Si/c1-43(2,3)56(4,5)53-36(31-20-22-34(48)41-32(31)21-23-39(49)47-41)29-45-24-12-10-8-6-7-9-11-13-25-46-40-30-18-19-33(40)35(28-30)52-42(50)44(51,37-16-14-26-54-37)38-17-15-27-55-38/h14-17,20-23,26-27,30,33,35-36,40,45-46,48,51H,6-13,18-19,24-25,28-29H2,1-5H3,(H,47,49). The molecule has 5 unspecified atom stereocenters. The minimum atomic E-state index is -2.11. The summed E-state index contributed by atoms with van der Waals surface area (Å²) < 4.78 is 13.1. The van der Waals surface area contributed by atoms with Gasteiger partial charge in [-0.15, -0.1) is 22.7 Å². The Hall–Kier alpha value is -2.84. The lowest BCUT2D eigenvalue weighted by atomic mass is 9.96. The fourth-order valence-corrected chi connectivity index (χ4v) is 11.5. The van der Waals surface area contributed by atoms with Crippen LogP contribution in [0.25, 0.3) is 10.9 Å². The van der Waals surface area contributed by atoms with Crippen LogP contribution in [0.5, 0.6) is 5.75 Å². The Morgan fingerprint density at radius 1 is 0.911 bits per heavy atom. The van der Waals surface area contributed by atoms with E-state index >= 15 is 0 Å². The van der Waals surface area contributed by atoms with Crippen LogP contribution in [-0.4, -0.2) is 61.3 Å². The molecule has 5 N–H and O–H groups in total. The van der Waals surface area contributed by atoms with Gasteiger partial charge < -0.3 is 35.0 Å². The predicted octanol–water partition coefficient (Wildman–Crippen LogP) is 9.37. The monoisotopic (exact) mass is 821 g/mol. The first-order chi connectivity index (χ1) is 26.8. The Bertz CT molecular complexity index is 1870. The third kappa shape index (κ3) is 9.88. The Labute approximate surface area is 341 Å². The largest absolute Gasteiger partial charge is 0.506 e. The lowest BCUT2D eigenvalue weighted by Crippen LogP contribution is -2.43. The van der Waals surface area contributed by atoms with Crippen LogP contribution in [0, 0.1) is 11.8 Å². The van der Waals surface area contributed by atoms with Crippen LogP contribution in [0.1, 0.15) is 113 Å². The second kappa shape index (κ2) is 18.8. The van der Waals surface area contributed by atoms with E-state index in [0.717, 1.165) is 49.7 Å². The van der Waals surface area contributed by atoms with Crippen LogP contribution in [0.15, 0.2) is 64.1 Å². The van der Waals surface area contributed by atoms with E-state index in [9.17, 15) is 19.8 Å². The van der Waals surface area contributed by atoms with Crippen LogP contribution in [0.3, 0.4) is 0 Å². The average molecular weight is 822 g/mol. The van der Waals surface area contributed by atoms with Gasteiger partial charge in [0.15, 0.2) is 8.32 Å². The highest BCUT2D eigenvalue weighted by Gasteiger charge is 2.52. The first kappa shape index (κ1) is 42.8. The van der Waals surface area contributed by atoms with Gasteiger partial charge in [0, 0.05) is 30.0 Å². The Balaban J connectivity index is 0.860. The van der Waals surface area contributed by atoms with Gasteiger partial charge in [-0.1, -0.05) is 77.5 Å². The first-order valence-corrected chi connectivity index (χ1v) is 25.4. The molecule has 3 aromatic heterocycles. The number of aromatic nitrogens is 1. The Morgan fingerprint density at radius 2 is 1.55 bits per heavy atom. The minimum Gasteiger partial charge on any atom is -0.506 e. The molecule has 3 heterocycles. The van der Waals surface area contributed by atoms with E-state index in [4.69, 9.17) is 9.16 Å². The molecular formula is C44H63N3O6S2Si. The summed E-state index contributed by atoms with van der Waals surface area (Å²) in [7, 11) is -2.11. The smallest absolute Gasteiger partial charge is 0.349 e. The fourth-order valence-electron chi connectivity index (χ4n) is 8.46. The molecule has 2 fully saturated rings. The number of aromatic amines is 1. The summed E-state index contributed by atoms with van der Waals surface area (Å²) in [4.78, 5) is 29.6. The number of esters is 1. The summed E-state index contributed by atoms with van der Waals surface area (Å²) in [6, 6.07) is 14.6. The fraction of sp³-hybridized carbons (Fsp3) is 0.591. The molecule has 0 spiro atoms. The Kier molecular flexibility index (Phi) is 14.4. The molecule has 0 saturated heterocycles. The van der Waals surface area contributed by atoms with Gasteiger partial charge in [0.2, 0.25) is 11.2 Å². The van der Waals surface area contributed by atoms with Crippen molar-refractivity contribution in [3.8, 4) is 5.75 Å². The van der Waals surface area contributed by atoms with Crippen LogP contribution in [0.4, 0.5) is 0 Å². The summed E-state index contributed by atoms with van der Waals surface area (Å²) in [5.41, 5.74) is -0.541. The molecule has 2 saturated carbocycles. The van der Waals surface area contributed by atoms with Crippen molar-refractivity contribution >= 4 is 47.9 Å². The van der Waals surface area contributed by atoms with E-state index in [1.165, 1.54) is 73.7 Å². The number of phenols is 1. The zero-order valence-electron chi connectivity index (χ0n) is 33.9. The zero-order chi connectivity index (χ0) is 39.9. The summed E-state index contributed by atoms with van der Waals surface area (Å²) in [5.74, 6) is 0.359. The van der Waals surface area contributed by atoms with Crippen molar-refractivity contribution in [2.24, 2.45) is 11.8 Å². The summed E-state index contributed by atoms with van der Waals surface area (Å²) in [6.45, 7) is 13.8. The lowest BCUT2D eigenvalue weighted by Gasteiger charge is -2.39. The van der Waals surface area contributed by atoms with Gasteiger partial charge in [-0.25, -0.2) is 4.79 Å². The van der Waals surface area contributed by atoms with Gasteiger partial charge in [-0.3, -0.25) is 4.79 Å². The molecule has 2 bridgehead atoms. The average Bonchev–Trinajstić information content (AvgIpc) is 4.00. The van der Waals surface area contributed by atoms with Crippen molar-refractivity contribution in [3.63, 3.8) is 0 Å². The number of hydrogen-bond acceptors (Lipinski definition) is 10. The number of pyridine rings is 1. The van der Waals surface area contributed by atoms with E-state index in [2.05, 4.69) is 49.5 Å². The van der Waals surface area contributed by atoms with Crippen molar-refractivity contribution in [2.75, 3.05) is 19.6 Å². The maximum Gasteiger partial charge on any atom is 0.349 e. The van der Waals surface area contributed by atoms with Gasteiger partial charge in [0.1, 0.15) is 11.9 Å². The van der Waals surface area contributed by atoms with Crippen molar-refractivity contribution in [1.29, 1.82) is 0 Å². The number of fused-ring (bicyclic) bond motifs is 3. The van der Waals surface area contributed by atoms with Gasteiger partial charge >= 0.3 is 5.97 Å². The number of benzene rings is 1. The van der Waals surface area contributed by atoms with Crippen molar-refractivity contribution in [1.82, 2.24) is 15.6 Å². The lowest BCUT2D eigenvalue weighted by molar-refractivity contribution is -0.169. The maximum atomic E-state index is 13.6. The van der Waals surface area contributed by atoms with Crippen molar-refractivity contribution in [2.45, 2.75) is 133 Å². The van der Waals surface area contributed by atoms with E-state index in [1.807, 2.05) is 41.1 Å². The predicted molar refractivity (Wildman–Crippen MR) is 231 cm³/mol. The number of unbranched alkanes of at least 4 members (excludes halogenated alkanes) is 7. The topological polar surface area (TPSA) is 133 Å². The maximum absolute atomic E-state index is 13.6. The molecule has 306 valence electrons. The molecule has 12 heteroatoms. The molecule has 0 aliphatic heterocycles. The summed E-state index contributed by atoms with van der Waals surface area (Å²) in [5, 5.41) is 34.3. The number of H-pyrrole nitrogens is 1. The third-order valence-corrected chi connectivity index (χ3v) is 19.1. The number of phenolic OH excluding ortho intramolecular Hbond substituents is 1. The number of carbonyl (C=O) groups is 1. The zero-order valence-corrected chi connectivity index (χ0v) is 36.5. The Morgan fingerprint density at radius 3 is 2.18 bits per heavy atom. The van der Waals surface area contributed by atoms with Crippen LogP contribution in [0.2, 0.25) is 18.1 Å². The van der Waals surface area contributed by atoms with Crippen molar-refractivity contribution < 1.29 is 24.2 Å². The highest BCUT2D eigenvalue weighted by molar-refractivity contribution is 7.12. The normalized spacial score (nSPS) is 20.5. The van der Waals surface area contributed by atoms with Gasteiger partial charge in [0.05, 0.1) is 21.4 Å². The SMILES string of the molecule is CC(C)(C)[Si](C)(C)OC(CNCCCCCCCCCCNC1C2CCC1C(OC(=O)C(O)(c1cccs1)c1cccs1)C2)c1ccc(O)c2[nH]c(=O)ccc12. The molecule has 5 atom stereocenters. The van der Waals surface area contributed by atoms with E-state index < -0.39 is 19.9 Å². The number of hydrogen-bond donors (Lipinski definition) is 5. The molecule has 9 nitrogen and oxygen atoms in total. The van der Waals surface area contributed by atoms with E-state index in [-0.39, 0.29) is 28.6 Å². The molecule has 0 radical (unpaired) electrons. The van der Waals surface area contributed by atoms with Gasteiger partial charge in [-0.2, -0.15) is 0 Å². The molecule has 2 aliphatic rings. The van der Waals surface area contributed by atoms with Gasteiger partial charge in [0.25, 0.3) is 0 Å². The van der Waals surface area contributed by atoms with Gasteiger partial charge in [-0.05, 0) is 110 Å². The number of ether oxygens (including phenoxy) is 1. The molecule has 0 amide bonds. The quantitative estimate of drug-likeness (QED) is 0.0319. The number of nitrogens with one attached hydrogen (secondary N) is 3. The molecular weight excluding hydrogens is 759 g/mol. The second-order valence-corrected chi connectivity index (χ2v) is 24.2. The summed E-state index contributed by atoms with van der Waals surface area (Å²) in [6.07, 6.45) is 12.5. The van der Waals surface area contributed by atoms with Crippen LogP contribution < -0.4 is 16.2 Å². The molecule has 2 aliphatic carbocycles. The number of aliphatic hydroxyl groups is 1. The van der Waals surface area contributed by atoms with Crippen LogP contribution in [-0.2, 0) is 19.6 Å². The highest BCUT2D eigenvalue weighted by atomic mass is 32.1. The van der Waals surface area contributed by atoms with E-state index in [1.54, 1.807) is 12.1 Å². The molecule has 1 aromatic carbocycles. The molecule has 6 rings (SSSR count). The number of thiophene rings is 2. The van der Waals surface area contributed by atoms with Crippen LogP contribution >= 0.6 is 22.7 Å². The molecule has 56 heavy (non-hydrogen) atoms. The summed E-state index contributed by atoms with van der Waals surface area (Å²) >= 11 is 2.77. The highest BCUT2D eigenvalue weighted by Crippen LogP contribution is 2.48. The van der Waals surface area contributed by atoms with Crippen molar-refractivity contribution in [3.05, 3.63) is 85.0 Å². The van der Waals surface area contributed by atoms with E-state index in [0.29, 0.717) is 39.7 Å². The second-order valence-electron chi connectivity index (χ2n) is 17.5. The number of aromatic hydroxyl groups is 1. The number of carbonyl (C=O) groups excluding carboxylic acids is 1. The third-order valence-electron chi connectivity index (χ3n) is 12.6. The molecule has 4 aromatic rings. The first-order valence-electron chi connectivity index (χ1n) is 20.8. The minimum absolute atomic E-state index is 0.0470.